The lowest BCUT2D eigenvalue weighted by Crippen LogP contribution is -2.29. The highest BCUT2D eigenvalue weighted by atomic mass is 32.2. The molecule has 0 saturated heterocycles. The van der Waals surface area contributed by atoms with Crippen LogP contribution >= 0.6 is 23.1 Å². The molecule has 0 saturated carbocycles. The summed E-state index contributed by atoms with van der Waals surface area (Å²) in [6.45, 7) is 2.80. The highest BCUT2D eigenvalue weighted by molar-refractivity contribution is 7.99. The van der Waals surface area contributed by atoms with Gasteiger partial charge in [-0.3, -0.25) is 0 Å². The Balaban J connectivity index is 2.70. The van der Waals surface area contributed by atoms with E-state index in [1.807, 2.05) is 13.2 Å². The number of sulfonamides is 1. The maximum atomic E-state index is 11.8. The molecule has 0 spiro atoms. The first-order valence-electron chi connectivity index (χ1n) is 4.79. The Morgan fingerprint density at radius 2 is 2.31 bits per heavy atom. The van der Waals surface area contributed by atoms with Crippen LogP contribution in [0.2, 0.25) is 0 Å². The van der Waals surface area contributed by atoms with Crippen LogP contribution in [0.15, 0.2) is 16.3 Å². The molecule has 0 amide bonds. The Labute approximate surface area is 105 Å². The van der Waals surface area contributed by atoms with Crippen molar-refractivity contribution in [2.24, 2.45) is 5.73 Å². The molecule has 3 N–H and O–H groups in total. The number of hydrogen-bond donors (Lipinski definition) is 2. The van der Waals surface area contributed by atoms with Crippen LogP contribution in [-0.2, 0) is 16.6 Å². The van der Waals surface area contributed by atoms with E-state index in [-0.39, 0.29) is 5.25 Å². The fourth-order valence-corrected chi connectivity index (χ4v) is 3.64. The van der Waals surface area contributed by atoms with Crippen LogP contribution in [-0.4, -0.2) is 26.5 Å². The van der Waals surface area contributed by atoms with Crippen LogP contribution in [0.3, 0.4) is 0 Å². The van der Waals surface area contributed by atoms with Gasteiger partial charge in [0.1, 0.15) is 0 Å². The van der Waals surface area contributed by atoms with Gasteiger partial charge in [0.15, 0.2) is 0 Å². The first kappa shape index (κ1) is 14.0. The molecular weight excluding hydrogens is 264 g/mol. The summed E-state index contributed by atoms with van der Waals surface area (Å²) in [5.41, 5.74) is 5.44. The average molecular weight is 280 g/mol. The van der Waals surface area contributed by atoms with Gasteiger partial charge in [0, 0.05) is 28.6 Å². The van der Waals surface area contributed by atoms with Gasteiger partial charge in [0.2, 0.25) is 10.0 Å². The number of thiophene rings is 1. The second kappa shape index (κ2) is 6.02. The molecule has 92 valence electrons. The van der Waals surface area contributed by atoms with E-state index in [9.17, 15) is 8.42 Å². The minimum Gasteiger partial charge on any atom is -0.326 e. The fourth-order valence-electron chi connectivity index (χ4n) is 1.00. The van der Waals surface area contributed by atoms with Gasteiger partial charge < -0.3 is 5.73 Å². The molecule has 0 bridgehead atoms. The molecule has 0 aliphatic rings. The molecule has 0 radical (unpaired) electrons. The van der Waals surface area contributed by atoms with Crippen LogP contribution in [0.4, 0.5) is 0 Å². The predicted molar refractivity (Wildman–Crippen MR) is 70.4 cm³/mol. The first-order valence-corrected chi connectivity index (χ1v) is 8.44. The van der Waals surface area contributed by atoms with Crippen LogP contribution in [0, 0.1) is 0 Å². The third-order valence-corrected chi connectivity index (χ3v) is 5.59. The quantitative estimate of drug-likeness (QED) is 0.822. The van der Waals surface area contributed by atoms with Gasteiger partial charge in [-0.2, -0.15) is 11.8 Å². The summed E-state index contributed by atoms with van der Waals surface area (Å²) in [6.07, 6.45) is 1.95. The number of thioether (sulfide) groups is 1. The summed E-state index contributed by atoms with van der Waals surface area (Å²) >= 11 is 2.99. The lowest BCUT2D eigenvalue weighted by Gasteiger charge is -2.09. The largest absolute Gasteiger partial charge is 0.326 e. The average Bonchev–Trinajstić information content (AvgIpc) is 2.75. The van der Waals surface area contributed by atoms with E-state index in [0.717, 1.165) is 4.88 Å². The van der Waals surface area contributed by atoms with Gasteiger partial charge >= 0.3 is 0 Å². The maximum absolute atomic E-state index is 11.8. The minimum atomic E-state index is -3.36. The SMILES string of the molecule is CSC(C)CNS(=O)(=O)c1csc(CN)c1. The van der Waals surface area contributed by atoms with Gasteiger partial charge in [0.05, 0.1) is 4.90 Å². The normalized spacial score (nSPS) is 13.9. The third-order valence-electron chi connectivity index (χ3n) is 2.10. The van der Waals surface area contributed by atoms with E-state index >= 15 is 0 Å². The molecule has 4 nitrogen and oxygen atoms in total. The summed E-state index contributed by atoms with van der Waals surface area (Å²) in [5.74, 6) is 0. The molecule has 0 aliphatic carbocycles. The van der Waals surface area contributed by atoms with Gasteiger partial charge in [0.25, 0.3) is 0 Å². The topological polar surface area (TPSA) is 72.2 Å². The Morgan fingerprint density at radius 1 is 1.62 bits per heavy atom. The summed E-state index contributed by atoms with van der Waals surface area (Å²) < 4.78 is 26.2. The highest BCUT2D eigenvalue weighted by Crippen LogP contribution is 2.18. The van der Waals surface area contributed by atoms with Crippen molar-refractivity contribution in [3.63, 3.8) is 0 Å². The van der Waals surface area contributed by atoms with Crippen LogP contribution < -0.4 is 10.5 Å². The third kappa shape index (κ3) is 3.74. The van der Waals surface area contributed by atoms with Crippen LogP contribution in [0.5, 0.6) is 0 Å². The van der Waals surface area contributed by atoms with Crippen molar-refractivity contribution in [2.45, 2.75) is 23.6 Å². The van der Waals surface area contributed by atoms with Crippen LogP contribution in [0.25, 0.3) is 0 Å². The molecule has 1 rings (SSSR count). The smallest absolute Gasteiger partial charge is 0.241 e. The zero-order valence-corrected chi connectivity index (χ0v) is 11.7. The molecule has 1 aromatic heterocycles. The van der Waals surface area contributed by atoms with Crippen molar-refractivity contribution in [1.82, 2.24) is 4.72 Å². The lowest BCUT2D eigenvalue weighted by molar-refractivity contribution is 0.582. The molecule has 1 aromatic rings. The van der Waals surface area contributed by atoms with E-state index in [2.05, 4.69) is 4.72 Å². The van der Waals surface area contributed by atoms with Crippen molar-refractivity contribution < 1.29 is 8.42 Å². The molecule has 16 heavy (non-hydrogen) atoms. The number of rotatable bonds is 6. The molecule has 0 aliphatic heterocycles. The van der Waals surface area contributed by atoms with E-state index in [4.69, 9.17) is 5.73 Å². The summed E-state index contributed by atoms with van der Waals surface area (Å²) in [5, 5.41) is 1.89. The predicted octanol–water partition coefficient (Wildman–Crippen LogP) is 1.24. The summed E-state index contributed by atoms with van der Waals surface area (Å²) in [7, 11) is -3.36. The molecule has 7 heteroatoms. The molecule has 1 unspecified atom stereocenters. The molecular formula is C9H16N2O2S3. The van der Waals surface area contributed by atoms with E-state index < -0.39 is 10.0 Å². The number of nitrogens with one attached hydrogen (secondary N) is 1. The second-order valence-corrected chi connectivity index (χ2v) is 7.39. The molecule has 1 atom stereocenters. The number of hydrogen-bond acceptors (Lipinski definition) is 5. The number of nitrogens with two attached hydrogens (primary N) is 1. The van der Waals surface area contributed by atoms with Crippen molar-refractivity contribution in [2.75, 3.05) is 12.8 Å². The lowest BCUT2D eigenvalue weighted by atomic mass is 10.5. The van der Waals surface area contributed by atoms with Gasteiger partial charge in [-0.1, -0.05) is 6.92 Å². The summed E-state index contributed by atoms with van der Waals surface area (Å²) in [4.78, 5) is 1.18. The molecule has 0 fully saturated rings. The van der Waals surface area contributed by atoms with Crippen molar-refractivity contribution >= 4 is 33.1 Å². The molecule has 0 aromatic carbocycles. The van der Waals surface area contributed by atoms with E-state index in [0.29, 0.717) is 18.0 Å². The van der Waals surface area contributed by atoms with Gasteiger partial charge in [-0.25, -0.2) is 13.1 Å². The Bertz CT molecular complexity index is 428. The Kier molecular flexibility index (Phi) is 5.26. The van der Waals surface area contributed by atoms with Crippen molar-refractivity contribution in [1.29, 1.82) is 0 Å². The zero-order valence-electron chi connectivity index (χ0n) is 9.26. The maximum Gasteiger partial charge on any atom is 0.241 e. The van der Waals surface area contributed by atoms with E-state index in [1.54, 1.807) is 23.2 Å². The molecule has 1 heterocycles. The van der Waals surface area contributed by atoms with E-state index in [1.165, 1.54) is 11.3 Å². The van der Waals surface area contributed by atoms with Crippen molar-refractivity contribution in [3.8, 4) is 0 Å². The van der Waals surface area contributed by atoms with Crippen molar-refractivity contribution in [3.05, 3.63) is 16.3 Å². The first-order chi connectivity index (χ1) is 7.49. The second-order valence-electron chi connectivity index (χ2n) is 3.35. The minimum absolute atomic E-state index is 0.266. The van der Waals surface area contributed by atoms with Crippen LogP contribution in [0.1, 0.15) is 11.8 Å². The highest BCUT2D eigenvalue weighted by Gasteiger charge is 2.16. The Morgan fingerprint density at radius 3 is 2.81 bits per heavy atom. The standard InChI is InChI=1S/C9H16N2O2S3/c1-7(14-2)5-11-16(12,13)9-3-8(4-10)15-6-9/h3,6-7,11H,4-5,10H2,1-2H3. The summed E-state index contributed by atoms with van der Waals surface area (Å²) in [6, 6.07) is 1.62. The van der Waals surface area contributed by atoms with Gasteiger partial charge in [-0.15, -0.1) is 11.3 Å². The van der Waals surface area contributed by atoms with Gasteiger partial charge in [-0.05, 0) is 12.3 Å². The Hall–Kier alpha value is -0.0800. The fraction of sp³-hybridized carbons (Fsp3) is 0.556. The zero-order chi connectivity index (χ0) is 12.2. The monoisotopic (exact) mass is 280 g/mol.